The fourth-order valence-electron chi connectivity index (χ4n) is 1.45. The summed E-state index contributed by atoms with van der Waals surface area (Å²) in [6.07, 6.45) is 1.43. The van der Waals surface area contributed by atoms with E-state index in [2.05, 4.69) is 10.3 Å². The summed E-state index contributed by atoms with van der Waals surface area (Å²) in [4.78, 5) is 15.5. The van der Waals surface area contributed by atoms with E-state index >= 15 is 0 Å². The van der Waals surface area contributed by atoms with Gasteiger partial charge < -0.3 is 10.5 Å². The summed E-state index contributed by atoms with van der Waals surface area (Å²) in [5.74, 6) is 0. The van der Waals surface area contributed by atoms with Crippen LogP contribution >= 0.6 is 0 Å². The molecule has 0 aliphatic carbocycles. The zero-order valence-corrected chi connectivity index (χ0v) is 9.87. The third-order valence-corrected chi connectivity index (χ3v) is 2.36. The van der Waals surface area contributed by atoms with Crippen LogP contribution in [-0.2, 0) is 0 Å². The third kappa shape index (κ3) is 2.98. The van der Waals surface area contributed by atoms with Crippen LogP contribution in [0.3, 0.4) is 0 Å². The minimum atomic E-state index is -0.448. The van der Waals surface area contributed by atoms with E-state index in [1.165, 1.54) is 6.20 Å². The molecule has 0 unspecified atom stereocenters. The van der Waals surface area contributed by atoms with Crippen molar-refractivity contribution in [2.24, 2.45) is 4.99 Å². The van der Waals surface area contributed by atoms with Crippen molar-refractivity contribution in [3.05, 3.63) is 59.7 Å². The van der Waals surface area contributed by atoms with E-state index in [0.29, 0.717) is 16.7 Å². The highest BCUT2D eigenvalue weighted by atomic mass is 16.5. The van der Waals surface area contributed by atoms with E-state index in [4.69, 9.17) is 0 Å². The molecule has 2 rings (SSSR count). The number of nitrogens with zero attached hydrogens (tertiary/aromatic N) is 2. The van der Waals surface area contributed by atoms with E-state index in [0.717, 1.165) is 4.73 Å². The van der Waals surface area contributed by atoms with E-state index in [1.54, 1.807) is 31.2 Å². The summed E-state index contributed by atoms with van der Waals surface area (Å²) in [6, 6.07) is 11.8. The van der Waals surface area contributed by atoms with Crippen molar-refractivity contribution in [2.75, 3.05) is 5.32 Å². The molecular formula is C13H13N3O2. The molecule has 0 aliphatic rings. The Labute approximate surface area is 104 Å². The summed E-state index contributed by atoms with van der Waals surface area (Å²) in [6.45, 7) is 1.72. The number of pyridine rings is 1. The van der Waals surface area contributed by atoms with Gasteiger partial charge in [0.15, 0.2) is 0 Å². The first-order chi connectivity index (χ1) is 8.65. The number of rotatable bonds is 1. The number of aromatic nitrogens is 1. The Morgan fingerprint density at radius 1 is 1.28 bits per heavy atom. The molecule has 1 heterocycles. The minimum Gasteiger partial charge on any atom is -0.429 e. The molecule has 0 radical (unpaired) electrons. The maximum Gasteiger partial charge on any atom is 0.345 e. The lowest BCUT2D eigenvalue weighted by molar-refractivity contribution is 0.177. The van der Waals surface area contributed by atoms with Gasteiger partial charge in [-0.2, -0.15) is 9.72 Å². The van der Waals surface area contributed by atoms with E-state index in [1.807, 2.05) is 18.2 Å². The summed E-state index contributed by atoms with van der Waals surface area (Å²) < 4.78 is 0.966. The van der Waals surface area contributed by atoms with Crippen LogP contribution in [0.25, 0.3) is 0 Å². The average molecular weight is 243 g/mol. The van der Waals surface area contributed by atoms with Crippen LogP contribution in [0, 0.1) is 6.92 Å². The van der Waals surface area contributed by atoms with Crippen LogP contribution in [0.5, 0.6) is 0 Å². The molecular weight excluding hydrogens is 230 g/mol. The molecule has 5 nitrogen and oxygen atoms in total. The molecule has 0 saturated heterocycles. The Balaban J connectivity index is 2.18. The largest absolute Gasteiger partial charge is 0.429 e. The van der Waals surface area contributed by atoms with Gasteiger partial charge in [0.05, 0.1) is 11.1 Å². The number of benzene rings is 1. The highest BCUT2D eigenvalue weighted by Gasteiger charge is 1.98. The van der Waals surface area contributed by atoms with Gasteiger partial charge in [-0.1, -0.05) is 18.2 Å². The number of carbonyl (C=O) groups is 1. The fourth-order valence-corrected chi connectivity index (χ4v) is 1.45. The lowest BCUT2D eigenvalue weighted by Gasteiger charge is -2.01. The highest BCUT2D eigenvalue weighted by Crippen LogP contribution is 2.04. The van der Waals surface area contributed by atoms with E-state index in [-0.39, 0.29) is 0 Å². The first-order valence-corrected chi connectivity index (χ1v) is 5.44. The Morgan fingerprint density at radius 2 is 2.00 bits per heavy atom. The number of aryl methyl sites for hydroxylation is 1. The predicted octanol–water partition coefficient (Wildman–Crippen LogP) is 2.17. The van der Waals surface area contributed by atoms with E-state index in [9.17, 15) is 10.0 Å². The number of amides is 2. The van der Waals surface area contributed by atoms with Crippen LogP contribution in [0.2, 0.25) is 0 Å². The second-order valence-electron chi connectivity index (χ2n) is 3.78. The van der Waals surface area contributed by atoms with Crippen molar-refractivity contribution in [1.82, 2.24) is 4.73 Å². The lowest BCUT2D eigenvalue weighted by atomic mass is 10.3. The molecule has 2 amide bonds. The molecule has 18 heavy (non-hydrogen) atoms. The van der Waals surface area contributed by atoms with Gasteiger partial charge in [0.25, 0.3) is 0 Å². The maximum absolute atomic E-state index is 11.6. The number of hydrogen-bond donors (Lipinski definition) is 2. The van der Waals surface area contributed by atoms with Gasteiger partial charge in [-0.25, -0.2) is 4.79 Å². The van der Waals surface area contributed by atoms with Gasteiger partial charge in [0.2, 0.25) is 0 Å². The molecule has 0 saturated carbocycles. The molecule has 5 heteroatoms. The average Bonchev–Trinajstić information content (AvgIpc) is 2.35. The van der Waals surface area contributed by atoms with Crippen LogP contribution in [0.1, 0.15) is 5.69 Å². The predicted molar refractivity (Wildman–Crippen MR) is 67.4 cm³/mol. The second kappa shape index (κ2) is 5.18. The molecule has 1 aromatic heterocycles. The molecule has 2 aromatic rings. The normalized spacial score (nSPS) is 11.3. The first kappa shape index (κ1) is 11.9. The molecule has 0 bridgehead atoms. The number of anilines is 1. The fraction of sp³-hybridized carbons (Fsp3) is 0.0769. The third-order valence-electron chi connectivity index (χ3n) is 2.36. The second-order valence-corrected chi connectivity index (χ2v) is 3.78. The Morgan fingerprint density at radius 3 is 2.67 bits per heavy atom. The number of para-hydroxylation sites is 1. The van der Waals surface area contributed by atoms with Crippen molar-refractivity contribution in [3.8, 4) is 0 Å². The SMILES string of the molecule is Cc1c/c(=N/C(=O)Nc2ccccc2)ccn1O. The smallest absolute Gasteiger partial charge is 0.345 e. The molecule has 92 valence electrons. The lowest BCUT2D eigenvalue weighted by Crippen LogP contribution is -2.14. The van der Waals surface area contributed by atoms with Crippen LogP contribution in [0.4, 0.5) is 10.5 Å². The topological polar surface area (TPSA) is 66.6 Å². The molecule has 2 N–H and O–H groups in total. The molecule has 0 fully saturated rings. The Hall–Kier alpha value is -2.56. The first-order valence-electron chi connectivity index (χ1n) is 5.44. The van der Waals surface area contributed by atoms with Gasteiger partial charge in [-0.3, -0.25) is 0 Å². The minimum absolute atomic E-state index is 0.448. The number of carbonyl (C=O) groups excluding carboxylic acids is 1. The molecule has 0 spiro atoms. The van der Waals surface area contributed by atoms with Crippen molar-refractivity contribution >= 4 is 11.7 Å². The molecule has 1 aromatic carbocycles. The highest BCUT2D eigenvalue weighted by molar-refractivity contribution is 5.89. The van der Waals surface area contributed by atoms with Crippen LogP contribution < -0.4 is 10.7 Å². The van der Waals surface area contributed by atoms with Crippen molar-refractivity contribution in [3.63, 3.8) is 0 Å². The number of hydrogen-bond acceptors (Lipinski definition) is 2. The zero-order chi connectivity index (χ0) is 13.0. The van der Waals surface area contributed by atoms with Crippen LogP contribution in [0.15, 0.2) is 53.7 Å². The molecule has 0 atom stereocenters. The van der Waals surface area contributed by atoms with Gasteiger partial charge in [0, 0.05) is 11.9 Å². The standard InChI is InChI=1S/C13H13N3O2/c1-10-9-12(7-8-16(10)18)15-13(17)14-11-5-3-2-4-6-11/h2-9,18H,1H3,(H,14,17)/b15-12+. The molecule has 0 aliphatic heterocycles. The van der Waals surface area contributed by atoms with Gasteiger partial charge in [0.1, 0.15) is 0 Å². The van der Waals surface area contributed by atoms with Gasteiger partial charge >= 0.3 is 6.03 Å². The van der Waals surface area contributed by atoms with Gasteiger partial charge in [-0.15, -0.1) is 0 Å². The quantitative estimate of drug-likeness (QED) is 0.754. The summed E-state index contributed by atoms with van der Waals surface area (Å²) in [7, 11) is 0. The van der Waals surface area contributed by atoms with Crippen molar-refractivity contribution in [1.29, 1.82) is 0 Å². The number of urea groups is 1. The van der Waals surface area contributed by atoms with Gasteiger partial charge in [-0.05, 0) is 31.2 Å². The van der Waals surface area contributed by atoms with E-state index < -0.39 is 6.03 Å². The van der Waals surface area contributed by atoms with Crippen molar-refractivity contribution in [2.45, 2.75) is 6.92 Å². The maximum atomic E-state index is 11.6. The van der Waals surface area contributed by atoms with Crippen molar-refractivity contribution < 1.29 is 10.0 Å². The Kier molecular flexibility index (Phi) is 3.43. The Bertz CT molecular complexity index is 618. The number of nitrogens with one attached hydrogen (secondary N) is 1. The van der Waals surface area contributed by atoms with Crippen LogP contribution in [-0.4, -0.2) is 16.0 Å². The summed E-state index contributed by atoms with van der Waals surface area (Å²) in [5.41, 5.74) is 1.29. The monoisotopic (exact) mass is 243 g/mol. The summed E-state index contributed by atoms with van der Waals surface area (Å²) in [5, 5.41) is 12.4. The zero-order valence-electron chi connectivity index (χ0n) is 9.87. The summed E-state index contributed by atoms with van der Waals surface area (Å²) >= 11 is 0.